The molecule has 0 fully saturated rings. The Morgan fingerprint density at radius 3 is 2.88 bits per heavy atom. The van der Waals surface area contributed by atoms with E-state index < -0.39 is 11.6 Å². The first-order chi connectivity index (χ1) is 8.16. The third-order valence-corrected chi connectivity index (χ3v) is 3.42. The van der Waals surface area contributed by atoms with Crippen LogP contribution in [0.3, 0.4) is 0 Å². The summed E-state index contributed by atoms with van der Waals surface area (Å²) in [5, 5.41) is 0. The standard InChI is InChI=1S/C11H5F2IN2O/c12-6-1-2-8(13)7(5-6)9-10(14)16-3-4-17-11(16)15-9/h1-5H. The van der Waals surface area contributed by atoms with Gasteiger partial charge in [0.15, 0.2) is 0 Å². The van der Waals surface area contributed by atoms with Gasteiger partial charge in [0.1, 0.15) is 27.3 Å². The fraction of sp³-hybridized carbons (Fsp3) is 0. The van der Waals surface area contributed by atoms with Gasteiger partial charge in [-0.2, -0.15) is 4.98 Å². The average Bonchev–Trinajstić information content (AvgIpc) is 2.86. The van der Waals surface area contributed by atoms with Crippen molar-refractivity contribution >= 4 is 28.4 Å². The number of nitrogens with zero attached hydrogens (tertiary/aromatic N) is 2. The van der Waals surface area contributed by atoms with Crippen LogP contribution >= 0.6 is 22.6 Å². The Balaban J connectivity index is 2.29. The molecule has 6 heteroatoms. The molecule has 0 aliphatic heterocycles. The highest BCUT2D eigenvalue weighted by atomic mass is 127. The summed E-state index contributed by atoms with van der Waals surface area (Å²) in [6.07, 6.45) is 3.15. The quantitative estimate of drug-likeness (QED) is 0.632. The van der Waals surface area contributed by atoms with Crippen molar-refractivity contribution in [2.24, 2.45) is 0 Å². The van der Waals surface area contributed by atoms with Crippen molar-refractivity contribution in [2.45, 2.75) is 0 Å². The minimum atomic E-state index is -0.509. The van der Waals surface area contributed by atoms with Crippen molar-refractivity contribution in [3.05, 3.63) is 46.0 Å². The zero-order chi connectivity index (χ0) is 12.0. The molecule has 1 aromatic carbocycles. The number of hydrogen-bond acceptors (Lipinski definition) is 2. The van der Waals surface area contributed by atoms with Gasteiger partial charge in [0.25, 0.3) is 0 Å². The zero-order valence-corrected chi connectivity index (χ0v) is 10.5. The highest BCUT2D eigenvalue weighted by molar-refractivity contribution is 14.1. The molecule has 3 aromatic rings. The molecule has 0 amide bonds. The fourth-order valence-corrected chi connectivity index (χ4v) is 2.39. The van der Waals surface area contributed by atoms with Crippen LogP contribution < -0.4 is 0 Å². The molecule has 3 rings (SSSR count). The van der Waals surface area contributed by atoms with Crippen molar-refractivity contribution in [1.82, 2.24) is 9.38 Å². The Bertz CT molecular complexity index is 705. The van der Waals surface area contributed by atoms with Gasteiger partial charge in [-0.25, -0.2) is 8.78 Å². The minimum Gasteiger partial charge on any atom is -0.432 e. The SMILES string of the molecule is Fc1ccc(F)c(-c2nc3occn3c2I)c1. The maximum atomic E-state index is 13.6. The van der Waals surface area contributed by atoms with E-state index in [4.69, 9.17) is 4.42 Å². The van der Waals surface area contributed by atoms with E-state index in [0.29, 0.717) is 15.2 Å². The molecule has 2 aromatic heterocycles. The van der Waals surface area contributed by atoms with E-state index in [2.05, 4.69) is 4.98 Å². The van der Waals surface area contributed by atoms with Crippen LogP contribution in [0.25, 0.3) is 17.1 Å². The van der Waals surface area contributed by atoms with Gasteiger partial charge in [0.2, 0.25) is 0 Å². The van der Waals surface area contributed by atoms with Gasteiger partial charge in [-0.05, 0) is 40.8 Å². The van der Waals surface area contributed by atoms with E-state index in [1.165, 1.54) is 6.26 Å². The molecule has 0 aliphatic rings. The summed E-state index contributed by atoms with van der Waals surface area (Å²) in [4.78, 5) is 4.13. The van der Waals surface area contributed by atoms with Crippen LogP contribution in [0, 0.1) is 15.3 Å². The zero-order valence-electron chi connectivity index (χ0n) is 8.32. The van der Waals surface area contributed by atoms with Crippen LogP contribution in [-0.4, -0.2) is 9.38 Å². The summed E-state index contributed by atoms with van der Waals surface area (Å²) in [5.41, 5.74) is 0.509. The molecule has 0 saturated heterocycles. The molecule has 0 saturated carbocycles. The first-order valence-electron chi connectivity index (χ1n) is 4.73. The van der Waals surface area contributed by atoms with Crippen molar-refractivity contribution in [3.8, 4) is 11.3 Å². The number of oxazole rings is 1. The molecule has 17 heavy (non-hydrogen) atoms. The number of hydrogen-bond donors (Lipinski definition) is 0. The molecule has 3 nitrogen and oxygen atoms in total. The Morgan fingerprint density at radius 1 is 1.29 bits per heavy atom. The molecule has 0 aliphatic carbocycles. The summed E-state index contributed by atoms with van der Waals surface area (Å²) >= 11 is 2.01. The Labute approximate surface area is 108 Å². The van der Waals surface area contributed by atoms with Gasteiger partial charge in [-0.3, -0.25) is 4.40 Å². The minimum absolute atomic E-state index is 0.133. The van der Waals surface area contributed by atoms with Gasteiger partial charge in [-0.15, -0.1) is 0 Å². The maximum absolute atomic E-state index is 13.6. The first-order valence-corrected chi connectivity index (χ1v) is 5.81. The third kappa shape index (κ3) is 1.63. The highest BCUT2D eigenvalue weighted by Crippen LogP contribution is 2.28. The summed E-state index contributed by atoms with van der Waals surface area (Å²) in [6, 6.07) is 3.28. The second-order valence-corrected chi connectivity index (χ2v) is 4.45. The van der Waals surface area contributed by atoms with Gasteiger partial charge >= 0.3 is 5.84 Å². The lowest BCUT2D eigenvalue weighted by Gasteiger charge is -2.00. The van der Waals surface area contributed by atoms with E-state index in [1.54, 1.807) is 10.6 Å². The van der Waals surface area contributed by atoms with Crippen LogP contribution in [0.2, 0.25) is 0 Å². The molecule has 0 atom stereocenters. The summed E-state index contributed by atoms with van der Waals surface area (Å²) < 4.78 is 34.2. The van der Waals surface area contributed by atoms with Gasteiger partial charge in [0.05, 0.1) is 0 Å². The van der Waals surface area contributed by atoms with E-state index in [-0.39, 0.29) is 5.56 Å². The van der Waals surface area contributed by atoms with Crippen LogP contribution in [0.5, 0.6) is 0 Å². The number of rotatable bonds is 1. The summed E-state index contributed by atoms with van der Waals surface area (Å²) in [7, 11) is 0. The van der Waals surface area contributed by atoms with Crippen LogP contribution in [0.4, 0.5) is 8.78 Å². The molecule has 0 N–H and O–H groups in total. The topological polar surface area (TPSA) is 30.4 Å². The van der Waals surface area contributed by atoms with Gasteiger partial charge in [0, 0.05) is 11.8 Å². The normalized spacial score (nSPS) is 11.2. The lowest BCUT2D eigenvalue weighted by Crippen LogP contribution is -1.89. The smallest absolute Gasteiger partial charge is 0.307 e. The number of fused-ring (bicyclic) bond motifs is 1. The second kappa shape index (κ2) is 3.80. The van der Waals surface area contributed by atoms with Crippen LogP contribution in [0.1, 0.15) is 0 Å². The van der Waals surface area contributed by atoms with Gasteiger partial charge < -0.3 is 4.42 Å². The monoisotopic (exact) mass is 346 g/mol. The number of halogens is 3. The van der Waals surface area contributed by atoms with Crippen LogP contribution in [-0.2, 0) is 0 Å². The van der Waals surface area contributed by atoms with Gasteiger partial charge in [-0.1, -0.05) is 0 Å². The first kappa shape index (κ1) is 10.7. The molecular weight excluding hydrogens is 341 g/mol. The van der Waals surface area contributed by atoms with E-state index in [0.717, 1.165) is 18.2 Å². The Kier molecular flexibility index (Phi) is 2.39. The van der Waals surface area contributed by atoms with Crippen molar-refractivity contribution in [2.75, 3.05) is 0 Å². The van der Waals surface area contributed by atoms with E-state index >= 15 is 0 Å². The fourth-order valence-electron chi connectivity index (χ4n) is 1.61. The molecule has 0 unspecified atom stereocenters. The Hall–Kier alpha value is -1.44. The van der Waals surface area contributed by atoms with Crippen molar-refractivity contribution < 1.29 is 13.2 Å². The lowest BCUT2D eigenvalue weighted by atomic mass is 10.1. The third-order valence-electron chi connectivity index (χ3n) is 2.39. The second-order valence-electron chi connectivity index (χ2n) is 3.43. The summed E-state index contributed by atoms with van der Waals surface area (Å²) in [6.45, 7) is 0. The molecule has 2 heterocycles. The van der Waals surface area contributed by atoms with Crippen molar-refractivity contribution in [3.63, 3.8) is 0 Å². The van der Waals surface area contributed by atoms with E-state index in [1.807, 2.05) is 22.6 Å². The number of benzene rings is 1. The molecule has 0 bridgehead atoms. The predicted molar refractivity (Wildman–Crippen MR) is 65.5 cm³/mol. The average molecular weight is 346 g/mol. The Morgan fingerprint density at radius 2 is 2.12 bits per heavy atom. The van der Waals surface area contributed by atoms with E-state index in [9.17, 15) is 8.78 Å². The number of imidazole rings is 1. The highest BCUT2D eigenvalue weighted by Gasteiger charge is 2.17. The molecule has 0 radical (unpaired) electrons. The predicted octanol–water partition coefficient (Wildman–Crippen LogP) is 3.48. The molecule has 86 valence electrons. The largest absolute Gasteiger partial charge is 0.432 e. The molecule has 0 spiro atoms. The molecular formula is C11H5F2IN2O. The summed E-state index contributed by atoms with van der Waals surface area (Å²) in [5.74, 6) is -0.653. The lowest BCUT2D eigenvalue weighted by molar-refractivity contribution is 0.594. The number of aromatic nitrogens is 2. The van der Waals surface area contributed by atoms with Crippen molar-refractivity contribution in [1.29, 1.82) is 0 Å². The van der Waals surface area contributed by atoms with Crippen LogP contribution in [0.15, 0.2) is 35.1 Å². The maximum Gasteiger partial charge on any atom is 0.307 e.